The Morgan fingerprint density at radius 2 is 1.91 bits per heavy atom. The molecular formula is C33H36N6O4. The Labute approximate surface area is 250 Å². The molecule has 2 fully saturated rings. The van der Waals surface area contributed by atoms with Crippen LogP contribution in [0.3, 0.4) is 0 Å². The van der Waals surface area contributed by atoms with Gasteiger partial charge in [-0.05, 0) is 67.9 Å². The zero-order valence-corrected chi connectivity index (χ0v) is 24.6. The second-order valence-electron chi connectivity index (χ2n) is 11.8. The Bertz CT molecular complexity index is 1670. The lowest BCUT2D eigenvalue weighted by molar-refractivity contribution is -0.117. The smallest absolute Gasteiger partial charge is 0.407 e. The predicted octanol–water partition coefficient (Wildman–Crippen LogP) is 6.58. The van der Waals surface area contributed by atoms with Gasteiger partial charge in [0, 0.05) is 53.9 Å². The summed E-state index contributed by atoms with van der Waals surface area (Å²) in [6.07, 6.45) is 4.97. The molecule has 0 bridgehead atoms. The minimum Gasteiger partial charge on any atom is -0.465 e. The van der Waals surface area contributed by atoms with Gasteiger partial charge in [0.15, 0.2) is 0 Å². The van der Waals surface area contributed by atoms with Crippen molar-refractivity contribution >= 4 is 34.4 Å². The number of benzene rings is 2. The highest BCUT2D eigenvalue weighted by atomic mass is 16.5. The highest BCUT2D eigenvalue weighted by Gasteiger charge is 2.44. The second-order valence-corrected chi connectivity index (χ2v) is 11.8. The summed E-state index contributed by atoms with van der Waals surface area (Å²) in [5.74, 6) is 2.54. The first-order valence-electron chi connectivity index (χ1n) is 14.8. The number of pyridine rings is 1. The van der Waals surface area contributed by atoms with Crippen LogP contribution in [0.1, 0.15) is 38.7 Å². The van der Waals surface area contributed by atoms with Gasteiger partial charge in [-0.25, -0.2) is 19.7 Å². The molecule has 3 atom stereocenters. The lowest BCUT2D eigenvalue weighted by atomic mass is 10.0. The molecule has 3 heterocycles. The first kappa shape index (κ1) is 28.4. The normalized spacial score (nSPS) is 19.7. The van der Waals surface area contributed by atoms with Crippen molar-refractivity contribution in [1.29, 1.82) is 0 Å². The number of amides is 2. The molecule has 1 aliphatic heterocycles. The lowest BCUT2D eigenvalue weighted by Crippen LogP contribution is -2.44. The van der Waals surface area contributed by atoms with Crippen molar-refractivity contribution in [3.05, 3.63) is 66.5 Å². The maximum atomic E-state index is 13.0. The molecule has 222 valence electrons. The minimum atomic E-state index is -0.917. The Morgan fingerprint density at radius 1 is 1.05 bits per heavy atom. The molecule has 4 aromatic rings. The summed E-state index contributed by atoms with van der Waals surface area (Å²) in [5, 5.41) is 17.6. The van der Waals surface area contributed by atoms with Gasteiger partial charge in [0.1, 0.15) is 5.75 Å². The van der Waals surface area contributed by atoms with Crippen molar-refractivity contribution in [3.63, 3.8) is 0 Å². The van der Waals surface area contributed by atoms with E-state index in [1.165, 1.54) is 4.90 Å². The average Bonchev–Trinajstić information content (AvgIpc) is 3.81. The summed E-state index contributed by atoms with van der Waals surface area (Å²) < 4.78 is 6.53. The molecule has 10 nitrogen and oxygen atoms in total. The quantitative estimate of drug-likeness (QED) is 0.213. The number of aryl methyl sites for hydroxylation is 1. The van der Waals surface area contributed by atoms with Crippen LogP contribution < -0.4 is 15.4 Å². The van der Waals surface area contributed by atoms with Crippen LogP contribution in [0.2, 0.25) is 0 Å². The van der Waals surface area contributed by atoms with Crippen molar-refractivity contribution < 1.29 is 19.4 Å². The first-order valence-corrected chi connectivity index (χ1v) is 14.8. The molecule has 1 saturated heterocycles. The van der Waals surface area contributed by atoms with Crippen molar-refractivity contribution in [2.75, 3.05) is 23.7 Å². The van der Waals surface area contributed by atoms with E-state index in [1.54, 1.807) is 18.5 Å². The number of hydrogen-bond acceptors (Lipinski definition) is 7. The number of aromatic nitrogens is 3. The summed E-state index contributed by atoms with van der Waals surface area (Å²) >= 11 is 0. The number of carbonyl (C=O) groups is 2. The molecule has 2 aliphatic rings. The van der Waals surface area contributed by atoms with Crippen LogP contribution >= 0.6 is 0 Å². The molecule has 2 unspecified atom stereocenters. The SMILES string of the molecule is Cc1ccc2c(NC(=O)C3CC3C(C)C)cccc2c1Oc1ncccc1-c1ccnc(N[C@H]2CCCN(C(=O)O)C2)n1. The Morgan fingerprint density at radius 3 is 2.70 bits per heavy atom. The third-order valence-electron chi connectivity index (χ3n) is 8.43. The van der Waals surface area contributed by atoms with Crippen LogP contribution in [-0.2, 0) is 4.79 Å². The molecule has 1 saturated carbocycles. The topological polar surface area (TPSA) is 130 Å². The van der Waals surface area contributed by atoms with Crippen LogP contribution in [0, 0.1) is 24.7 Å². The number of nitrogens with zero attached hydrogens (tertiary/aromatic N) is 4. The maximum Gasteiger partial charge on any atom is 0.407 e. The van der Waals surface area contributed by atoms with E-state index in [4.69, 9.17) is 9.72 Å². The highest BCUT2D eigenvalue weighted by molar-refractivity contribution is 6.05. The summed E-state index contributed by atoms with van der Waals surface area (Å²) in [5.41, 5.74) is 3.01. The second kappa shape index (κ2) is 11.9. The summed E-state index contributed by atoms with van der Waals surface area (Å²) in [4.78, 5) is 39.5. The van der Waals surface area contributed by atoms with Gasteiger partial charge >= 0.3 is 6.09 Å². The largest absolute Gasteiger partial charge is 0.465 e. The molecule has 1 aliphatic carbocycles. The third kappa shape index (κ3) is 6.09. The molecular weight excluding hydrogens is 544 g/mol. The maximum absolute atomic E-state index is 13.0. The number of ether oxygens (including phenoxy) is 1. The van der Waals surface area contributed by atoms with Gasteiger partial charge in [-0.3, -0.25) is 4.79 Å². The fourth-order valence-electron chi connectivity index (χ4n) is 5.96. The van der Waals surface area contributed by atoms with E-state index in [0.717, 1.165) is 41.3 Å². The van der Waals surface area contributed by atoms with Crippen LogP contribution in [0.4, 0.5) is 16.4 Å². The minimum absolute atomic E-state index is 0.0639. The molecule has 2 aromatic heterocycles. The number of carboxylic acid groups (broad SMARTS) is 1. The van der Waals surface area contributed by atoms with Gasteiger partial charge in [-0.15, -0.1) is 0 Å². The highest BCUT2D eigenvalue weighted by Crippen LogP contribution is 2.45. The number of carbonyl (C=O) groups excluding carboxylic acids is 1. The molecule has 0 radical (unpaired) electrons. The monoisotopic (exact) mass is 580 g/mol. The summed E-state index contributed by atoms with van der Waals surface area (Å²) in [6, 6.07) is 15.3. The van der Waals surface area contributed by atoms with Crippen LogP contribution in [0.25, 0.3) is 22.0 Å². The van der Waals surface area contributed by atoms with Crippen LogP contribution in [0.5, 0.6) is 11.6 Å². The fraction of sp³-hybridized carbons (Fsp3) is 0.364. The molecule has 3 N–H and O–H groups in total. The van der Waals surface area contributed by atoms with Gasteiger partial charge in [0.25, 0.3) is 0 Å². The van der Waals surface area contributed by atoms with E-state index in [9.17, 15) is 14.7 Å². The van der Waals surface area contributed by atoms with E-state index in [2.05, 4.69) is 34.4 Å². The standard InChI is InChI=1S/C33H36N6O4/c1-19(2)25-17-26(25)30(40)37-27-10-4-8-23-22(27)12-11-20(3)29(23)43-31-24(9-5-14-34-31)28-13-15-35-32(38-28)36-21-7-6-16-39(18-21)33(41)42/h4-5,8-15,19,21,25-26H,6-7,16-18H2,1-3H3,(H,37,40)(H,41,42)(H,35,36,38)/t21-,25?,26?/m0/s1. The predicted molar refractivity (Wildman–Crippen MR) is 165 cm³/mol. The van der Waals surface area contributed by atoms with Crippen molar-refractivity contribution in [2.24, 2.45) is 17.8 Å². The van der Waals surface area contributed by atoms with Crippen molar-refractivity contribution in [1.82, 2.24) is 19.9 Å². The molecule has 6 rings (SSSR count). The number of fused-ring (bicyclic) bond motifs is 1. The summed E-state index contributed by atoms with van der Waals surface area (Å²) in [6.45, 7) is 7.23. The fourth-order valence-corrected chi connectivity index (χ4v) is 5.96. The van der Waals surface area contributed by atoms with E-state index < -0.39 is 6.09 Å². The number of anilines is 2. The van der Waals surface area contributed by atoms with Gasteiger partial charge in [-0.1, -0.05) is 38.1 Å². The van der Waals surface area contributed by atoms with E-state index >= 15 is 0 Å². The molecule has 2 amide bonds. The number of likely N-dealkylation sites (tertiary alicyclic amines) is 1. The Balaban J connectivity index is 1.26. The first-order chi connectivity index (χ1) is 20.8. The Hall–Kier alpha value is -4.73. The zero-order valence-electron chi connectivity index (χ0n) is 24.6. The van der Waals surface area contributed by atoms with E-state index in [1.807, 2.05) is 49.4 Å². The van der Waals surface area contributed by atoms with Crippen LogP contribution in [0.15, 0.2) is 60.9 Å². The number of hydrogen-bond donors (Lipinski definition) is 3. The molecule has 2 aromatic carbocycles. The lowest BCUT2D eigenvalue weighted by Gasteiger charge is -2.31. The van der Waals surface area contributed by atoms with Crippen molar-refractivity contribution in [2.45, 2.75) is 46.1 Å². The number of rotatable bonds is 8. The third-order valence-corrected chi connectivity index (χ3v) is 8.43. The van der Waals surface area contributed by atoms with Gasteiger partial charge in [0.2, 0.25) is 17.7 Å². The summed E-state index contributed by atoms with van der Waals surface area (Å²) in [7, 11) is 0. The average molecular weight is 581 g/mol. The molecule has 0 spiro atoms. The number of piperidine rings is 1. The number of nitrogens with one attached hydrogen (secondary N) is 2. The van der Waals surface area contributed by atoms with E-state index in [0.29, 0.717) is 53.8 Å². The van der Waals surface area contributed by atoms with Crippen molar-refractivity contribution in [3.8, 4) is 22.9 Å². The van der Waals surface area contributed by atoms with Gasteiger partial charge in [-0.2, -0.15) is 0 Å². The molecule has 43 heavy (non-hydrogen) atoms. The Kier molecular flexibility index (Phi) is 7.84. The molecule has 10 heteroatoms. The van der Waals surface area contributed by atoms with E-state index in [-0.39, 0.29) is 17.9 Å². The van der Waals surface area contributed by atoms with Gasteiger partial charge < -0.3 is 25.4 Å². The van der Waals surface area contributed by atoms with Gasteiger partial charge in [0.05, 0.1) is 11.3 Å². The zero-order chi connectivity index (χ0) is 30.1. The van der Waals surface area contributed by atoms with Crippen LogP contribution in [-0.4, -0.2) is 56.1 Å².